The Bertz CT molecular complexity index is 1260. The average molecular weight is 527 g/mol. The highest BCUT2D eigenvalue weighted by atomic mass is 16.5. The molecule has 7 nitrogen and oxygen atoms in total. The second kappa shape index (κ2) is 11.6. The van der Waals surface area contributed by atoms with Gasteiger partial charge in [0.15, 0.2) is 0 Å². The molecule has 7 heteroatoms. The molecule has 5 atom stereocenters. The number of nitrogens with two attached hydrogens (primary N) is 1. The topological polar surface area (TPSA) is 87.9 Å². The predicted octanol–water partition coefficient (Wildman–Crippen LogP) is 3.77. The first-order valence-electron chi connectivity index (χ1n) is 13.7. The molecule has 0 aliphatic carbocycles. The lowest BCUT2D eigenvalue weighted by Gasteiger charge is -2.56. The van der Waals surface area contributed by atoms with Crippen LogP contribution >= 0.6 is 0 Å². The molecule has 3 aromatic rings. The van der Waals surface area contributed by atoms with Gasteiger partial charge in [-0.3, -0.25) is 14.5 Å². The molecule has 0 radical (unpaired) electrons. The normalized spacial score (nSPS) is 23.9. The van der Waals surface area contributed by atoms with Crippen molar-refractivity contribution < 1.29 is 14.3 Å². The van der Waals surface area contributed by atoms with Crippen LogP contribution < -0.4 is 20.7 Å². The standard InChI is InChI=1S/C32H38N4O3/c1-21(37)35(2)25-14-15-28(39-3)24(18-25)19-34-30-26-16-17-36(20-27(26)32(33)38)31(30)29(22-10-6-4-7-11-22)23-12-8-5-9-13-23/h4-15,18,26-27,29-31,34H,16-17,19-20H2,1-3H3,(H2,33,38)/t26?,27-,30?,31-/m0/s1. The summed E-state index contributed by atoms with van der Waals surface area (Å²) in [4.78, 5) is 28.7. The van der Waals surface area contributed by atoms with E-state index in [2.05, 4.69) is 70.9 Å². The molecule has 3 aromatic carbocycles. The van der Waals surface area contributed by atoms with E-state index in [-0.39, 0.29) is 41.7 Å². The SMILES string of the molecule is COc1ccc(N(C)C(C)=O)cc1CNC1C2CCN(C[C@@H]2C(N)=O)[C@H]1C(c1ccccc1)c1ccccc1. The van der Waals surface area contributed by atoms with Crippen molar-refractivity contribution in [2.45, 2.75) is 37.9 Å². The van der Waals surface area contributed by atoms with Gasteiger partial charge in [0.25, 0.3) is 0 Å². The Balaban J connectivity index is 1.53. The van der Waals surface area contributed by atoms with E-state index in [0.29, 0.717) is 13.1 Å². The van der Waals surface area contributed by atoms with Gasteiger partial charge < -0.3 is 20.7 Å². The van der Waals surface area contributed by atoms with Crippen LogP contribution in [-0.2, 0) is 16.1 Å². The minimum Gasteiger partial charge on any atom is -0.496 e. The van der Waals surface area contributed by atoms with Crippen LogP contribution in [-0.4, -0.2) is 56.0 Å². The molecule has 204 valence electrons. The number of nitrogens with one attached hydrogen (secondary N) is 1. The van der Waals surface area contributed by atoms with E-state index < -0.39 is 0 Å². The first-order valence-corrected chi connectivity index (χ1v) is 13.7. The summed E-state index contributed by atoms with van der Waals surface area (Å²) in [5.74, 6) is 0.551. The van der Waals surface area contributed by atoms with Gasteiger partial charge in [0, 0.05) is 56.3 Å². The van der Waals surface area contributed by atoms with E-state index in [0.717, 1.165) is 30.0 Å². The molecule has 3 aliphatic rings. The molecule has 3 unspecified atom stereocenters. The van der Waals surface area contributed by atoms with Crippen molar-refractivity contribution >= 4 is 17.5 Å². The van der Waals surface area contributed by atoms with Crippen LogP contribution in [0.25, 0.3) is 0 Å². The summed E-state index contributed by atoms with van der Waals surface area (Å²) in [7, 11) is 3.43. The Morgan fingerprint density at radius 1 is 1.05 bits per heavy atom. The maximum atomic E-state index is 12.6. The van der Waals surface area contributed by atoms with E-state index in [4.69, 9.17) is 10.5 Å². The van der Waals surface area contributed by atoms with Crippen molar-refractivity contribution in [3.63, 3.8) is 0 Å². The van der Waals surface area contributed by atoms with Crippen LogP contribution in [0.1, 0.15) is 36.0 Å². The number of primary amides is 1. The molecule has 2 amide bonds. The highest BCUT2D eigenvalue weighted by Crippen LogP contribution is 2.44. The van der Waals surface area contributed by atoms with Gasteiger partial charge in [0.1, 0.15) is 5.75 Å². The Morgan fingerprint density at radius 2 is 1.69 bits per heavy atom. The summed E-state index contributed by atoms with van der Waals surface area (Å²) in [6.07, 6.45) is 0.919. The summed E-state index contributed by atoms with van der Waals surface area (Å²) >= 11 is 0. The van der Waals surface area contributed by atoms with E-state index >= 15 is 0 Å². The zero-order valence-corrected chi connectivity index (χ0v) is 22.9. The van der Waals surface area contributed by atoms with Crippen LogP contribution in [0.15, 0.2) is 78.9 Å². The maximum Gasteiger partial charge on any atom is 0.223 e. The van der Waals surface area contributed by atoms with E-state index in [1.54, 1.807) is 26.0 Å². The number of nitrogens with zero attached hydrogens (tertiary/aromatic N) is 2. The number of ether oxygens (including phenoxy) is 1. The number of hydrogen-bond acceptors (Lipinski definition) is 5. The zero-order chi connectivity index (χ0) is 27.5. The summed E-state index contributed by atoms with van der Waals surface area (Å²) in [6.45, 7) is 3.71. The fraction of sp³-hybridized carbons (Fsp3) is 0.375. The number of anilines is 1. The van der Waals surface area contributed by atoms with Gasteiger partial charge in [-0.2, -0.15) is 0 Å². The molecule has 3 saturated heterocycles. The third-order valence-electron chi connectivity index (χ3n) is 8.62. The van der Waals surface area contributed by atoms with Crippen LogP contribution in [0.3, 0.4) is 0 Å². The molecular weight excluding hydrogens is 488 g/mol. The lowest BCUT2D eigenvalue weighted by Crippen LogP contribution is -2.68. The smallest absolute Gasteiger partial charge is 0.223 e. The number of amides is 2. The van der Waals surface area contributed by atoms with Gasteiger partial charge in [-0.25, -0.2) is 0 Å². The molecule has 3 fully saturated rings. The van der Waals surface area contributed by atoms with Crippen molar-refractivity contribution in [3.05, 3.63) is 95.6 Å². The fourth-order valence-electron chi connectivity index (χ4n) is 6.60. The van der Waals surface area contributed by atoms with E-state index in [9.17, 15) is 9.59 Å². The van der Waals surface area contributed by atoms with Crippen LogP contribution in [0, 0.1) is 11.8 Å². The third kappa shape index (κ3) is 5.42. The molecule has 3 heterocycles. The number of rotatable bonds is 9. The van der Waals surface area contributed by atoms with Crippen molar-refractivity contribution in [2.24, 2.45) is 17.6 Å². The molecular formula is C32H38N4O3. The predicted molar refractivity (Wildman–Crippen MR) is 154 cm³/mol. The minimum atomic E-state index is -0.228. The molecule has 6 rings (SSSR count). The number of carbonyl (C=O) groups excluding carboxylic acids is 2. The number of hydrogen-bond donors (Lipinski definition) is 2. The molecule has 2 bridgehead atoms. The van der Waals surface area contributed by atoms with Gasteiger partial charge in [0.05, 0.1) is 13.0 Å². The van der Waals surface area contributed by atoms with Gasteiger partial charge in [-0.1, -0.05) is 60.7 Å². The third-order valence-corrected chi connectivity index (χ3v) is 8.62. The quantitative estimate of drug-likeness (QED) is 0.443. The molecule has 0 aromatic heterocycles. The Hall–Kier alpha value is -3.68. The van der Waals surface area contributed by atoms with Gasteiger partial charge in [-0.15, -0.1) is 0 Å². The number of piperidine rings is 3. The van der Waals surface area contributed by atoms with E-state index in [1.807, 2.05) is 18.2 Å². The highest BCUT2D eigenvalue weighted by Gasteiger charge is 2.51. The Labute approximate surface area is 230 Å². The fourth-order valence-corrected chi connectivity index (χ4v) is 6.60. The summed E-state index contributed by atoms with van der Waals surface area (Å²) in [6, 6.07) is 27.3. The second-order valence-corrected chi connectivity index (χ2v) is 10.7. The number of methoxy groups -OCH3 is 1. The number of carbonyl (C=O) groups is 2. The Morgan fingerprint density at radius 3 is 2.26 bits per heavy atom. The molecule has 39 heavy (non-hydrogen) atoms. The van der Waals surface area contributed by atoms with Crippen LogP contribution in [0.5, 0.6) is 5.75 Å². The zero-order valence-electron chi connectivity index (χ0n) is 22.9. The summed E-state index contributed by atoms with van der Waals surface area (Å²) < 4.78 is 5.69. The monoisotopic (exact) mass is 526 g/mol. The van der Waals surface area contributed by atoms with Crippen molar-refractivity contribution in [3.8, 4) is 5.75 Å². The van der Waals surface area contributed by atoms with Crippen molar-refractivity contribution in [1.29, 1.82) is 0 Å². The van der Waals surface area contributed by atoms with Crippen LogP contribution in [0.2, 0.25) is 0 Å². The Kier molecular flexibility index (Phi) is 8.00. The molecule has 3 N–H and O–H groups in total. The second-order valence-electron chi connectivity index (χ2n) is 10.7. The van der Waals surface area contributed by atoms with Gasteiger partial charge in [0.2, 0.25) is 11.8 Å². The van der Waals surface area contributed by atoms with Gasteiger partial charge >= 0.3 is 0 Å². The summed E-state index contributed by atoms with van der Waals surface area (Å²) in [5, 5.41) is 3.86. The largest absolute Gasteiger partial charge is 0.496 e. The lowest BCUT2D eigenvalue weighted by atomic mass is 9.66. The number of fused-ring (bicyclic) bond motifs is 3. The van der Waals surface area contributed by atoms with Gasteiger partial charge in [-0.05, 0) is 48.2 Å². The van der Waals surface area contributed by atoms with Crippen molar-refractivity contribution in [2.75, 3.05) is 32.1 Å². The van der Waals surface area contributed by atoms with Crippen LogP contribution in [0.4, 0.5) is 5.69 Å². The molecule has 0 saturated carbocycles. The van der Waals surface area contributed by atoms with Crippen molar-refractivity contribution in [1.82, 2.24) is 10.2 Å². The first-order chi connectivity index (χ1) is 18.9. The average Bonchev–Trinajstić information content (AvgIpc) is 2.97. The lowest BCUT2D eigenvalue weighted by molar-refractivity contribution is -0.132. The number of benzene rings is 3. The first kappa shape index (κ1) is 26.9. The minimum absolute atomic E-state index is 0.0225. The molecule has 0 spiro atoms. The summed E-state index contributed by atoms with van der Waals surface area (Å²) in [5.41, 5.74) is 10.2. The maximum absolute atomic E-state index is 12.6. The van der Waals surface area contributed by atoms with E-state index in [1.165, 1.54) is 11.1 Å². The highest BCUT2D eigenvalue weighted by molar-refractivity contribution is 5.91. The molecule has 3 aliphatic heterocycles.